The van der Waals surface area contributed by atoms with Gasteiger partial charge in [0.1, 0.15) is 73.2 Å². The van der Waals surface area contributed by atoms with Gasteiger partial charge in [0.15, 0.2) is 41.1 Å². The van der Waals surface area contributed by atoms with E-state index >= 15 is 0 Å². The Hall–Kier alpha value is -3.70. The zero-order chi connectivity index (χ0) is 53.3. The van der Waals surface area contributed by atoms with Gasteiger partial charge in [0.25, 0.3) is 5.56 Å². The van der Waals surface area contributed by atoms with Gasteiger partial charge < -0.3 is 101 Å². The van der Waals surface area contributed by atoms with E-state index in [1.54, 1.807) is 0 Å². The summed E-state index contributed by atoms with van der Waals surface area (Å²) in [5.74, 6) is -1.45. The fourth-order valence-electron chi connectivity index (χ4n) is 7.45. The molecule has 0 amide bonds. The summed E-state index contributed by atoms with van der Waals surface area (Å²) in [5, 5.41) is 92.9. The average Bonchev–Trinajstić information content (AvgIpc) is 4.13. The molecule has 4 aliphatic heterocycles. The number of aliphatic hydroxyl groups excluding tert-OH is 9. The molecule has 4 aromatic heterocycles. The fraction of sp³-hybridized carbons (Fsp3) is 0.667. The number of ether oxygens (including phenoxy) is 5. The second-order valence-electron chi connectivity index (χ2n) is 16.0. The van der Waals surface area contributed by atoms with Crippen molar-refractivity contribution in [2.75, 3.05) is 37.9 Å². The van der Waals surface area contributed by atoms with Crippen LogP contribution in [-0.2, 0) is 63.9 Å². The van der Waals surface area contributed by atoms with Crippen molar-refractivity contribution < 1.29 is 134 Å². The topological polar surface area (TPSA) is 592 Å². The van der Waals surface area contributed by atoms with Gasteiger partial charge in [0.05, 0.1) is 39.1 Å². The van der Waals surface area contributed by atoms with Crippen molar-refractivity contribution in [3.63, 3.8) is 0 Å². The minimum Gasteiger partial charge on any atom is -0.443 e. The molecule has 43 heteroatoms. The van der Waals surface area contributed by atoms with Crippen LogP contribution in [0.1, 0.15) is 12.5 Å². The summed E-state index contributed by atoms with van der Waals surface area (Å²) in [6.07, 6.45) is -26.5. The first-order chi connectivity index (χ1) is 34.0. The van der Waals surface area contributed by atoms with Crippen LogP contribution in [0.3, 0.4) is 0 Å². The van der Waals surface area contributed by atoms with Crippen LogP contribution in [-0.4, -0.2) is 217 Å². The zero-order valence-electron chi connectivity index (χ0n) is 36.1. The number of nitrogens with two attached hydrogens (primary N) is 2. The predicted molar refractivity (Wildman–Crippen MR) is 224 cm³/mol. The molecule has 0 spiro atoms. The molecule has 39 nitrogen and oxygen atoms in total. The van der Waals surface area contributed by atoms with Gasteiger partial charge in [-0.15, -0.1) is 0 Å². The summed E-state index contributed by atoms with van der Waals surface area (Å²) in [7, 11) is -22.3. The molecule has 8 rings (SSSR count). The van der Waals surface area contributed by atoms with E-state index in [0.29, 0.717) is 0 Å². The number of hydrogen-bond donors (Lipinski definition) is 16. The van der Waals surface area contributed by atoms with Crippen LogP contribution in [0.2, 0.25) is 0 Å². The van der Waals surface area contributed by atoms with Crippen LogP contribution in [0, 0.1) is 0 Å². The summed E-state index contributed by atoms with van der Waals surface area (Å²) in [4.78, 5) is 74.5. The predicted octanol–water partition coefficient (Wildman–Crippen LogP) is -6.87. The molecule has 4 aromatic rings. The number of nitrogens with one attached hydrogen (secondary N) is 1. The molecule has 73 heavy (non-hydrogen) atoms. The highest BCUT2D eigenvalue weighted by molar-refractivity contribution is 7.61. The lowest BCUT2D eigenvalue weighted by molar-refractivity contribution is -0.132. The lowest BCUT2D eigenvalue weighted by Gasteiger charge is -2.20. The number of fused-ring (bicyclic) bond motifs is 2. The Morgan fingerprint density at radius 1 is 0.548 bits per heavy atom. The molecular formula is C30H44N10O29P4. The fourth-order valence-corrected chi connectivity index (χ4v) is 11.6. The van der Waals surface area contributed by atoms with Gasteiger partial charge in [-0.25, -0.2) is 28.2 Å². The van der Waals surface area contributed by atoms with Crippen LogP contribution < -0.4 is 21.8 Å². The van der Waals surface area contributed by atoms with Crippen molar-refractivity contribution in [1.29, 1.82) is 0 Å². The minimum atomic E-state index is -5.63. The standard InChI is InChI=1S/C30H44N10O29P4/c31-29-35-21-11(23(49)37-29)33-5-39(21)25-17(45)13(41)7(63-25)1-59-71(53,54)69-73(57,58)62-4-10-16(44)20(48)28(66-10)67-24-12-22(36-30(32)38-24)40(6-34-12)26-18(46)14(42)8(64-26)2-60-70(51,52)68-72(55,56)61-3-9-15(43)19(47)27(50)65-9/h5-10,13-20,25-28,41-48,50H,1-4H2,(H,51,52)(H,53,54)(H,55,56)(H,57,58)(H2,32,36,38)(H3,31,35,37,49)/t7-,8-,9-,10-,13-,14+,15-,16-,17-,18-,19-,20-,25?,26-,27+,28+/m1/s1. The Bertz CT molecular complexity index is 2920. The molecule has 4 aliphatic rings. The van der Waals surface area contributed by atoms with E-state index in [-0.39, 0.29) is 28.3 Å². The number of nitrogens with zero attached hydrogens (tertiary/aromatic N) is 7. The first kappa shape index (κ1) is 55.5. The molecule has 0 saturated carbocycles. The van der Waals surface area contributed by atoms with Crippen molar-refractivity contribution in [2.45, 2.75) is 98.3 Å². The first-order valence-electron chi connectivity index (χ1n) is 20.5. The molecule has 8 heterocycles. The van der Waals surface area contributed by atoms with E-state index in [2.05, 4.69) is 47.6 Å². The van der Waals surface area contributed by atoms with Crippen molar-refractivity contribution >= 4 is 65.5 Å². The molecule has 18 N–H and O–H groups in total. The summed E-state index contributed by atoms with van der Waals surface area (Å²) >= 11 is 0. The Morgan fingerprint density at radius 2 is 0.959 bits per heavy atom. The highest BCUT2D eigenvalue weighted by Crippen LogP contribution is 2.62. The lowest BCUT2D eigenvalue weighted by atomic mass is 10.1. The van der Waals surface area contributed by atoms with Crippen LogP contribution in [0.5, 0.6) is 5.88 Å². The van der Waals surface area contributed by atoms with Crippen molar-refractivity contribution in [3.8, 4) is 5.88 Å². The van der Waals surface area contributed by atoms with E-state index < -0.39 is 173 Å². The van der Waals surface area contributed by atoms with Gasteiger partial charge in [-0.05, 0) is 0 Å². The number of imidazole rings is 2. The Kier molecular flexibility index (Phi) is 16.0. The van der Waals surface area contributed by atoms with Crippen molar-refractivity contribution in [3.05, 3.63) is 23.0 Å². The number of nitrogen functional groups attached to an aromatic ring is 2. The summed E-state index contributed by atoms with van der Waals surface area (Å²) in [6, 6.07) is 0. The van der Waals surface area contributed by atoms with Crippen LogP contribution in [0.15, 0.2) is 17.4 Å². The Labute approximate surface area is 403 Å². The minimum absolute atomic E-state index is 0.160. The number of aliphatic hydroxyl groups is 9. The number of H-pyrrole nitrogens is 1. The molecule has 0 aromatic carbocycles. The molecular weight excluding hydrogens is 1090 g/mol. The molecule has 4 saturated heterocycles. The Morgan fingerprint density at radius 3 is 1.42 bits per heavy atom. The first-order valence-corrected chi connectivity index (χ1v) is 26.5. The van der Waals surface area contributed by atoms with E-state index in [0.717, 1.165) is 21.8 Å². The highest BCUT2D eigenvalue weighted by atomic mass is 31.3. The maximum Gasteiger partial charge on any atom is 0.481 e. The maximum atomic E-state index is 12.7. The normalized spacial score (nSPS) is 36.1. The maximum absolute atomic E-state index is 12.7. The number of aromatic amines is 1. The molecule has 0 radical (unpaired) electrons. The van der Waals surface area contributed by atoms with Gasteiger partial charge >= 0.3 is 31.3 Å². The third kappa shape index (κ3) is 12.0. The number of rotatable bonds is 20. The van der Waals surface area contributed by atoms with E-state index in [1.165, 1.54) is 0 Å². The van der Waals surface area contributed by atoms with Crippen LogP contribution in [0.4, 0.5) is 11.9 Å². The van der Waals surface area contributed by atoms with E-state index in [9.17, 15) is 88.6 Å². The molecule has 5 unspecified atom stereocenters. The number of hydrogen-bond acceptors (Lipinski definition) is 32. The van der Waals surface area contributed by atoms with Gasteiger partial charge in [-0.2, -0.15) is 23.6 Å². The third-order valence-corrected chi connectivity index (χ3v) is 16.2. The lowest BCUT2D eigenvalue weighted by Crippen LogP contribution is -2.36. The average molecular weight is 1130 g/mol. The Balaban J connectivity index is 0.836. The highest BCUT2D eigenvalue weighted by Gasteiger charge is 2.51. The summed E-state index contributed by atoms with van der Waals surface area (Å²) in [5.41, 5.74) is 9.73. The monoisotopic (exact) mass is 1130 g/mol. The van der Waals surface area contributed by atoms with Gasteiger partial charge in [-0.1, -0.05) is 0 Å². The van der Waals surface area contributed by atoms with Crippen molar-refractivity contribution in [2.24, 2.45) is 0 Å². The number of anilines is 2. The quantitative estimate of drug-likeness (QED) is 0.0366. The molecule has 408 valence electrons. The number of phosphoric ester groups is 4. The van der Waals surface area contributed by atoms with E-state index in [1.807, 2.05) is 0 Å². The van der Waals surface area contributed by atoms with Gasteiger partial charge in [0, 0.05) is 0 Å². The smallest absolute Gasteiger partial charge is 0.443 e. The number of aromatic nitrogens is 8. The van der Waals surface area contributed by atoms with Crippen LogP contribution >= 0.6 is 31.3 Å². The molecule has 20 atom stereocenters. The molecule has 4 fully saturated rings. The van der Waals surface area contributed by atoms with E-state index in [4.69, 9.17) is 44.2 Å². The SMILES string of the molecule is Nc1nc(O[C@@H]2O[C@H](COP(=O)(O)OP(=O)(O)OC[C@H]3OC(n4cnc5c(=O)[nH]c(N)nc54)[C@H](O)[C@@H]3O)[C@@H](O)[C@H]2O)c2ncn([C@@H]3O[C@H](COP(=O)(O)OP(=O)(O)OC[C@H]4O[C@H](O)[C@H](O)[C@@H]4O)[C@H](O)[C@H]3O)c2n1. The van der Waals surface area contributed by atoms with Gasteiger partial charge in [0.2, 0.25) is 24.1 Å². The zero-order valence-corrected chi connectivity index (χ0v) is 39.7. The van der Waals surface area contributed by atoms with Crippen molar-refractivity contribution in [1.82, 2.24) is 39.0 Å². The number of phosphoric acid groups is 4. The second-order valence-corrected chi connectivity index (χ2v) is 22.1. The van der Waals surface area contributed by atoms with Gasteiger partial charge in [-0.3, -0.25) is 37.0 Å². The summed E-state index contributed by atoms with van der Waals surface area (Å²) in [6.45, 7) is -4.32. The summed E-state index contributed by atoms with van der Waals surface area (Å²) < 4.78 is 106. The second kappa shape index (κ2) is 21.0. The molecule has 0 aliphatic carbocycles. The largest absolute Gasteiger partial charge is 0.481 e. The molecule has 0 bridgehead atoms. The third-order valence-electron chi connectivity index (χ3n) is 11.0. The van der Waals surface area contributed by atoms with Crippen LogP contribution in [0.25, 0.3) is 22.3 Å².